The van der Waals surface area contributed by atoms with Crippen molar-refractivity contribution in [3.63, 3.8) is 0 Å². The number of nitrogens with one attached hydrogen (secondary N) is 1. The number of ether oxygens (including phenoxy) is 2. The molecular weight excluding hydrogens is 240 g/mol. The van der Waals surface area contributed by atoms with Gasteiger partial charge in [-0.25, -0.2) is 0 Å². The summed E-state index contributed by atoms with van der Waals surface area (Å²) in [4.78, 5) is 0. The Morgan fingerprint density at radius 2 is 2.11 bits per heavy atom. The molecular formula is C15H22N2O2. The van der Waals surface area contributed by atoms with E-state index in [1.807, 2.05) is 12.1 Å². The van der Waals surface area contributed by atoms with Crippen LogP contribution in [0.3, 0.4) is 0 Å². The van der Waals surface area contributed by atoms with E-state index in [1.54, 1.807) is 0 Å². The molecule has 1 saturated carbocycles. The maximum absolute atomic E-state index is 5.89. The number of nitrogens with two attached hydrogens (primary N) is 1. The Kier molecular flexibility index (Phi) is 3.62. The van der Waals surface area contributed by atoms with Gasteiger partial charge in [-0.05, 0) is 48.9 Å². The summed E-state index contributed by atoms with van der Waals surface area (Å²) in [5.74, 6) is 3.31. The predicted molar refractivity (Wildman–Crippen MR) is 74.3 cm³/mol. The molecule has 0 saturated heterocycles. The van der Waals surface area contributed by atoms with Crippen molar-refractivity contribution < 1.29 is 9.47 Å². The average Bonchev–Trinajstić information content (AvgIpc) is 3.17. The van der Waals surface area contributed by atoms with Crippen LogP contribution in [0.15, 0.2) is 18.2 Å². The number of hydrogen-bond acceptors (Lipinski definition) is 4. The normalized spacial score (nSPS) is 20.3. The summed E-state index contributed by atoms with van der Waals surface area (Å²) >= 11 is 0. The van der Waals surface area contributed by atoms with E-state index >= 15 is 0 Å². The van der Waals surface area contributed by atoms with Gasteiger partial charge in [0.1, 0.15) is 0 Å². The second-order valence-electron chi connectivity index (χ2n) is 5.62. The molecule has 3 rings (SSSR count). The molecule has 4 heteroatoms. The van der Waals surface area contributed by atoms with Gasteiger partial charge < -0.3 is 20.5 Å². The lowest BCUT2D eigenvalue weighted by Gasteiger charge is -2.20. The van der Waals surface area contributed by atoms with Crippen LogP contribution in [0.2, 0.25) is 0 Å². The third kappa shape index (κ3) is 2.85. The summed E-state index contributed by atoms with van der Waals surface area (Å²) in [6.07, 6.45) is 2.78. The van der Waals surface area contributed by atoms with Crippen LogP contribution in [0.25, 0.3) is 0 Å². The van der Waals surface area contributed by atoms with E-state index in [1.165, 1.54) is 18.4 Å². The summed E-state index contributed by atoms with van der Waals surface area (Å²) in [5, 5.41) is 3.58. The monoisotopic (exact) mass is 262 g/mol. The minimum Gasteiger partial charge on any atom is -0.454 e. The van der Waals surface area contributed by atoms with Gasteiger partial charge in [-0.1, -0.05) is 13.0 Å². The molecule has 1 aromatic rings. The lowest BCUT2D eigenvalue weighted by molar-refractivity contribution is 0.174. The van der Waals surface area contributed by atoms with E-state index in [-0.39, 0.29) is 6.04 Å². The average molecular weight is 262 g/mol. The molecule has 2 aliphatic rings. The summed E-state index contributed by atoms with van der Waals surface area (Å²) in [6.45, 7) is 4.26. The fourth-order valence-electron chi connectivity index (χ4n) is 2.63. The standard InChI is InChI=1S/C15H22N2O2/c1-10(11-2-3-11)8-17-13(7-16)12-4-5-14-15(6-12)19-9-18-14/h4-6,10-11,13,17H,2-3,7-9,16H2,1H3. The second kappa shape index (κ2) is 5.39. The van der Waals surface area contributed by atoms with Gasteiger partial charge in [0.05, 0.1) is 0 Å². The van der Waals surface area contributed by atoms with E-state index in [9.17, 15) is 0 Å². The molecule has 1 aliphatic heterocycles. The number of fused-ring (bicyclic) bond motifs is 1. The highest BCUT2D eigenvalue weighted by molar-refractivity contribution is 5.45. The second-order valence-corrected chi connectivity index (χ2v) is 5.62. The van der Waals surface area contributed by atoms with Crippen molar-refractivity contribution in [2.24, 2.45) is 17.6 Å². The van der Waals surface area contributed by atoms with Gasteiger partial charge in [0.25, 0.3) is 0 Å². The highest BCUT2D eigenvalue weighted by Crippen LogP contribution is 2.37. The molecule has 1 heterocycles. The van der Waals surface area contributed by atoms with Crippen molar-refractivity contribution in [2.75, 3.05) is 19.9 Å². The van der Waals surface area contributed by atoms with Crippen molar-refractivity contribution in [3.05, 3.63) is 23.8 Å². The molecule has 0 radical (unpaired) electrons. The smallest absolute Gasteiger partial charge is 0.231 e. The lowest BCUT2D eigenvalue weighted by Crippen LogP contribution is -2.32. The molecule has 0 bridgehead atoms. The maximum atomic E-state index is 5.89. The van der Waals surface area contributed by atoms with Crippen LogP contribution in [0.5, 0.6) is 11.5 Å². The quantitative estimate of drug-likeness (QED) is 0.824. The molecule has 1 aromatic carbocycles. The summed E-state index contributed by atoms with van der Waals surface area (Å²) in [6, 6.07) is 6.26. The van der Waals surface area contributed by atoms with Crippen molar-refractivity contribution in [2.45, 2.75) is 25.8 Å². The molecule has 3 N–H and O–H groups in total. The highest BCUT2D eigenvalue weighted by Gasteiger charge is 2.28. The van der Waals surface area contributed by atoms with Crippen LogP contribution in [0.4, 0.5) is 0 Å². The van der Waals surface area contributed by atoms with Gasteiger partial charge in [0.2, 0.25) is 6.79 Å². The molecule has 104 valence electrons. The van der Waals surface area contributed by atoms with E-state index in [2.05, 4.69) is 18.3 Å². The molecule has 2 unspecified atom stereocenters. The molecule has 4 nitrogen and oxygen atoms in total. The van der Waals surface area contributed by atoms with E-state index in [0.29, 0.717) is 13.3 Å². The van der Waals surface area contributed by atoms with Crippen LogP contribution in [-0.2, 0) is 0 Å². The first kappa shape index (κ1) is 12.8. The molecule has 19 heavy (non-hydrogen) atoms. The Labute approximate surface area is 114 Å². The van der Waals surface area contributed by atoms with Crippen LogP contribution in [0.1, 0.15) is 31.4 Å². The SMILES string of the molecule is CC(CNC(CN)c1ccc2c(c1)OCO2)C1CC1. The van der Waals surface area contributed by atoms with Crippen LogP contribution >= 0.6 is 0 Å². The van der Waals surface area contributed by atoms with Gasteiger partial charge in [-0.3, -0.25) is 0 Å². The van der Waals surface area contributed by atoms with Crippen molar-refractivity contribution in [3.8, 4) is 11.5 Å². The van der Waals surface area contributed by atoms with Gasteiger partial charge >= 0.3 is 0 Å². The van der Waals surface area contributed by atoms with E-state index in [4.69, 9.17) is 15.2 Å². The molecule has 0 spiro atoms. The Balaban J connectivity index is 1.64. The largest absolute Gasteiger partial charge is 0.454 e. The third-order valence-electron chi connectivity index (χ3n) is 4.15. The van der Waals surface area contributed by atoms with E-state index in [0.717, 1.165) is 29.9 Å². The lowest BCUT2D eigenvalue weighted by atomic mass is 10.0. The van der Waals surface area contributed by atoms with Gasteiger partial charge in [0, 0.05) is 12.6 Å². The molecule has 0 aromatic heterocycles. The third-order valence-corrected chi connectivity index (χ3v) is 4.15. The number of hydrogen-bond donors (Lipinski definition) is 2. The maximum Gasteiger partial charge on any atom is 0.231 e. The van der Waals surface area contributed by atoms with Gasteiger partial charge in [-0.2, -0.15) is 0 Å². The van der Waals surface area contributed by atoms with Gasteiger partial charge in [-0.15, -0.1) is 0 Å². The van der Waals surface area contributed by atoms with Crippen molar-refractivity contribution in [1.29, 1.82) is 0 Å². The number of benzene rings is 1. The first-order chi connectivity index (χ1) is 9.28. The zero-order valence-corrected chi connectivity index (χ0v) is 11.4. The van der Waals surface area contributed by atoms with Crippen LogP contribution in [0, 0.1) is 11.8 Å². The predicted octanol–water partition coefficient (Wildman–Crippen LogP) is 2.05. The Bertz CT molecular complexity index is 446. The molecule has 1 fully saturated rings. The first-order valence-electron chi connectivity index (χ1n) is 7.11. The number of rotatable bonds is 6. The Hall–Kier alpha value is -1.26. The summed E-state index contributed by atoms with van der Waals surface area (Å²) in [7, 11) is 0. The fourth-order valence-corrected chi connectivity index (χ4v) is 2.63. The first-order valence-corrected chi connectivity index (χ1v) is 7.11. The highest BCUT2D eigenvalue weighted by atomic mass is 16.7. The molecule has 1 aliphatic carbocycles. The summed E-state index contributed by atoms with van der Waals surface area (Å²) < 4.78 is 10.7. The van der Waals surface area contributed by atoms with Crippen LogP contribution < -0.4 is 20.5 Å². The molecule has 2 atom stereocenters. The van der Waals surface area contributed by atoms with E-state index < -0.39 is 0 Å². The van der Waals surface area contributed by atoms with Crippen LogP contribution in [-0.4, -0.2) is 19.9 Å². The minimum absolute atomic E-state index is 0.190. The van der Waals surface area contributed by atoms with Crippen molar-refractivity contribution >= 4 is 0 Å². The Morgan fingerprint density at radius 3 is 2.84 bits per heavy atom. The summed E-state index contributed by atoms with van der Waals surface area (Å²) in [5.41, 5.74) is 7.07. The fraction of sp³-hybridized carbons (Fsp3) is 0.600. The zero-order chi connectivity index (χ0) is 13.2. The minimum atomic E-state index is 0.190. The van der Waals surface area contributed by atoms with Gasteiger partial charge in [0.15, 0.2) is 11.5 Å². The topological polar surface area (TPSA) is 56.5 Å². The zero-order valence-electron chi connectivity index (χ0n) is 11.4. The molecule has 0 amide bonds. The Morgan fingerprint density at radius 1 is 1.32 bits per heavy atom. The van der Waals surface area contributed by atoms with Crippen molar-refractivity contribution in [1.82, 2.24) is 5.32 Å².